The molecule has 0 aliphatic rings. The number of aromatic nitrogens is 1. The molecule has 0 saturated carbocycles. The summed E-state index contributed by atoms with van der Waals surface area (Å²) in [6.45, 7) is 1.92. The molecule has 180 valence electrons. The number of anilines is 1. The summed E-state index contributed by atoms with van der Waals surface area (Å²) in [7, 11) is 0. The third-order valence-electron chi connectivity index (χ3n) is 5.86. The van der Waals surface area contributed by atoms with Crippen LogP contribution in [0.4, 0.5) is 5.69 Å². The maximum absolute atomic E-state index is 13.8. The van der Waals surface area contributed by atoms with Crippen LogP contribution in [0.1, 0.15) is 30.1 Å². The highest BCUT2D eigenvalue weighted by Crippen LogP contribution is 2.31. The minimum Gasteiger partial charge on any atom is -0.347 e. The molecule has 3 aromatic carbocycles. The summed E-state index contributed by atoms with van der Waals surface area (Å²) in [6, 6.07) is 29.7. The zero-order valence-corrected chi connectivity index (χ0v) is 21.4. The van der Waals surface area contributed by atoms with E-state index in [1.165, 1.54) is 16.0 Å². The summed E-state index contributed by atoms with van der Waals surface area (Å²) in [5.74, 6) is -0.640. The van der Waals surface area contributed by atoms with E-state index in [0.29, 0.717) is 11.3 Å². The number of hydrogen-bond acceptors (Lipinski definition) is 3. The molecular weight excluding hydrogens is 514 g/mol. The molecule has 0 aliphatic heterocycles. The fraction of sp³-hybridized carbons (Fsp3) is 0.100. The predicted molar refractivity (Wildman–Crippen MR) is 147 cm³/mol. The summed E-state index contributed by atoms with van der Waals surface area (Å²) in [5.41, 5.74) is 4.27. The molecule has 1 unspecified atom stereocenters. The topological polar surface area (TPSA) is 62.3 Å². The van der Waals surface area contributed by atoms with Gasteiger partial charge in [-0.2, -0.15) is 0 Å². The fourth-order valence-electron chi connectivity index (χ4n) is 4.06. The molecule has 4 aromatic rings. The maximum atomic E-state index is 13.8. The second-order valence-corrected chi connectivity index (χ2v) is 8.77. The van der Waals surface area contributed by atoms with Crippen molar-refractivity contribution in [3.05, 3.63) is 132 Å². The van der Waals surface area contributed by atoms with Gasteiger partial charge in [0.05, 0.1) is 6.04 Å². The van der Waals surface area contributed by atoms with Crippen LogP contribution >= 0.6 is 15.9 Å². The highest BCUT2D eigenvalue weighted by molar-refractivity contribution is 9.11. The van der Waals surface area contributed by atoms with E-state index in [9.17, 15) is 9.59 Å². The van der Waals surface area contributed by atoms with Gasteiger partial charge in [-0.1, -0.05) is 94.8 Å². The van der Waals surface area contributed by atoms with Gasteiger partial charge in [0.25, 0.3) is 5.91 Å². The largest absolute Gasteiger partial charge is 0.347 e. The van der Waals surface area contributed by atoms with Crippen LogP contribution < -0.4 is 10.2 Å². The van der Waals surface area contributed by atoms with Gasteiger partial charge in [0.1, 0.15) is 6.04 Å². The molecule has 1 N–H and O–H groups in total. The Balaban J connectivity index is 1.73. The van der Waals surface area contributed by atoms with E-state index in [2.05, 4.69) is 26.2 Å². The lowest BCUT2D eigenvalue weighted by molar-refractivity contribution is -0.125. The Bertz CT molecular complexity index is 1310. The number of hydrogen-bond donors (Lipinski definition) is 1. The highest BCUT2D eigenvalue weighted by atomic mass is 79.9. The smallest absolute Gasteiger partial charge is 0.252 e. The van der Waals surface area contributed by atoms with Gasteiger partial charge in [-0.25, -0.2) is 0 Å². The zero-order chi connectivity index (χ0) is 25.3. The first kappa shape index (κ1) is 25.1. The lowest BCUT2D eigenvalue weighted by Gasteiger charge is -2.31. The molecule has 0 radical (unpaired) electrons. The number of nitrogens with zero attached hydrogens (tertiary/aromatic N) is 2. The van der Waals surface area contributed by atoms with Crippen LogP contribution in [0.25, 0.3) is 11.1 Å². The molecule has 0 aliphatic carbocycles. The third-order valence-corrected chi connectivity index (χ3v) is 6.12. The van der Waals surface area contributed by atoms with Crippen molar-refractivity contribution in [2.45, 2.75) is 19.0 Å². The molecule has 0 saturated heterocycles. The van der Waals surface area contributed by atoms with Crippen LogP contribution in [0.3, 0.4) is 0 Å². The second kappa shape index (κ2) is 12.1. The van der Waals surface area contributed by atoms with Crippen molar-refractivity contribution >= 4 is 33.4 Å². The lowest BCUT2D eigenvalue weighted by Crippen LogP contribution is -2.44. The van der Waals surface area contributed by atoms with Gasteiger partial charge in [-0.15, -0.1) is 0 Å². The van der Waals surface area contributed by atoms with Gasteiger partial charge in [0.15, 0.2) is 0 Å². The van der Waals surface area contributed by atoms with Gasteiger partial charge < -0.3 is 5.32 Å². The van der Waals surface area contributed by atoms with Crippen molar-refractivity contribution in [1.29, 1.82) is 0 Å². The number of carbonyl (C=O) groups is 2. The molecule has 5 nitrogen and oxygen atoms in total. The van der Waals surface area contributed by atoms with E-state index in [-0.39, 0.29) is 17.9 Å². The first-order valence-electron chi connectivity index (χ1n) is 11.6. The number of nitrogens with one attached hydrogen (secondary N) is 1. The first-order chi connectivity index (χ1) is 17.6. The van der Waals surface area contributed by atoms with Gasteiger partial charge >= 0.3 is 0 Å². The van der Waals surface area contributed by atoms with Crippen molar-refractivity contribution in [2.75, 3.05) is 4.90 Å². The van der Waals surface area contributed by atoms with Gasteiger partial charge in [-0.05, 0) is 46.8 Å². The van der Waals surface area contributed by atoms with E-state index < -0.39 is 6.04 Å². The molecular formula is C30H26BrN3O2. The van der Waals surface area contributed by atoms with E-state index in [0.717, 1.165) is 16.7 Å². The summed E-state index contributed by atoms with van der Waals surface area (Å²) in [4.78, 5) is 34.4. The summed E-state index contributed by atoms with van der Waals surface area (Å²) >= 11 is 3.21. The Hall–Kier alpha value is -4.03. The minimum absolute atomic E-state index is 0.248. The summed E-state index contributed by atoms with van der Waals surface area (Å²) in [5, 5.41) is 3.08. The molecule has 2 amide bonds. The van der Waals surface area contributed by atoms with Crippen LogP contribution in [0, 0.1) is 0 Å². The van der Waals surface area contributed by atoms with E-state index in [1.807, 2.05) is 91.9 Å². The van der Waals surface area contributed by atoms with Gasteiger partial charge in [0.2, 0.25) is 5.91 Å². The SMILES string of the molecule is C[C@H](NC(=O)C(c1cccnc1)N(C(=O)/C=C/Br)c1ccc(-c2ccccc2)cc1)c1ccccc1. The Morgan fingerprint density at radius 3 is 2.06 bits per heavy atom. The number of amides is 2. The molecule has 36 heavy (non-hydrogen) atoms. The Labute approximate surface area is 219 Å². The first-order valence-corrected chi connectivity index (χ1v) is 12.5. The molecule has 0 bridgehead atoms. The van der Waals surface area contributed by atoms with Crippen molar-refractivity contribution < 1.29 is 9.59 Å². The minimum atomic E-state index is -0.927. The number of halogens is 1. The van der Waals surface area contributed by atoms with Crippen LogP contribution in [0.2, 0.25) is 0 Å². The highest BCUT2D eigenvalue weighted by Gasteiger charge is 2.33. The molecule has 0 fully saturated rings. The molecule has 1 heterocycles. The van der Waals surface area contributed by atoms with Crippen molar-refractivity contribution in [1.82, 2.24) is 10.3 Å². The van der Waals surface area contributed by atoms with Crippen molar-refractivity contribution in [2.24, 2.45) is 0 Å². The monoisotopic (exact) mass is 539 g/mol. The van der Waals surface area contributed by atoms with E-state index in [4.69, 9.17) is 0 Å². The number of carbonyl (C=O) groups excluding carboxylic acids is 2. The standard InChI is InChI=1S/C30H26BrN3O2/c1-22(23-9-4-2-5-10-23)33-30(36)29(26-13-8-20-32-21-26)34(28(35)18-19-31)27-16-14-25(15-17-27)24-11-6-3-7-12-24/h2-22,29H,1H3,(H,33,36)/b19-18+/t22-,29?/m0/s1. The second-order valence-electron chi connectivity index (χ2n) is 8.24. The van der Waals surface area contributed by atoms with Crippen molar-refractivity contribution in [3.63, 3.8) is 0 Å². The molecule has 2 atom stereocenters. The zero-order valence-electron chi connectivity index (χ0n) is 19.8. The fourth-order valence-corrected chi connectivity index (χ4v) is 4.28. The van der Waals surface area contributed by atoms with E-state index >= 15 is 0 Å². The number of rotatable bonds is 8. The molecule has 4 rings (SSSR count). The molecule has 1 aromatic heterocycles. The number of benzene rings is 3. The molecule has 0 spiro atoms. The van der Waals surface area contributed by atoms with Crippen LogP contribution in [-0.4, -0.2) is 16.8 Å². The van der Waals surface area contributed by atoms with Crippen molar-refractivity contribution in [3.8, 4) is 11.1 Å². The summed E-state index contributed by atoms with van der Waals surface area (Å²) < 4.78 is 0. The average molecular weight is 540 g/mol. The Morgan fingerprint density at radius 1 is 0.833 bits per heavy atom. The van der Waals surface area contributed by atoms with Crippen LogP contribution in [-0.2, 0) is 9.59 Å². The van der Waals surface area contributed by atoms with Gasteiger partial charge in [-0.3, -0.25) is 19.5 Å². The normalized spacial score (nSPS) is 12.6. The quantitative estimate of drug-likeness (QED) is 0.256. The van der Waals surface area contributed by atoms with E-state index in [1.54, 1.807) is 24.5 Å². The number of pyridine rings is 1. The lowest BCUT2D eigenvalue weighted by atomic mass is 10.0. The predicted octanol–water partition coefficient (Wildman–Crippen LogP) is 6.61. The summed E-state index contributed by atoms with van der Waals surface area (Å²) in [6.07, 6.45) is 4.65. The average Bonchev–Trinajstić information content (AvgIpc) is 2.93. The van der Waals surface area contributed by atoms with Crippen LogP contribution in [0.15, 0.2) is 121 Å². The van der Waals surface area contributed by atoms with Crippen LogP contribution in [0.5, 0.6) is 0 Å². The molecule has 6 heteroatoms. The Kier molecular flexibility index (Phi) is 8.42. The maximum Gasteiger partial charge on any atom is 0.252 e. The third kappa shape index (κ3) is 5.96. The van der Waals surface area contributed by atoms with Gasteiger partial charge in [0, 0.05) is 29.7 Å². The Morgan fingerprint density at radius 2 is 1.44 bits per heavy atom.